The molecular weight excluding hydrogens is 234 g/mol. The first-order valence-corrected chi connectivity index (χ1v) is 8.54. The second-order valence-electron chi connectivity index (χ2n) is 7.99. The predicted molar refractivity (Wildman–Crippen MR) is 79.2 cm³/mol. The van der Waals surface area contributed by atoms with E-state index >= 15 is 0 Å². The number of hydrogen-bond acceptors (Lipinski definition) is 2. The van der Waals surface area contributed by atoms with Crippen LogP contribution in [0.1, 0.15) is 71.1 Å². The van der Waals surface area contributed by atoms with Crippen LogP contribution in [0.5, 0.6) is 0 Å². The minimum atomic E-state index is -0.371. The Morgan fingerprint density at radius 3 is 2.32 bits per heavy atom. The SMILES string of the molecule is CC1CCCC(O)(CN2CC3(CCCCCC3)C2)C1. The second-order valence-corrected chi connectivity index (χ2v) is 7.99. The van der Waals surface area contributed by atoms with E-state index in [9.17, 15) is 5.11 Å². The Morgan fingerprint density at radius 2 is 1.68 bits per heavy atom. The summed E-state index contributed by atoms with van der Waals surface area (Å²) in [5.41, 5.74) is 0.275. The van der Waals surface area contributed by atoms with Crippen molar-refractivity contribution in [3.05, 3.63) is 0 Å². The average Bonchev–Trinajstić information content (AvgIpc) is 2.53. The van der Waals surface area contributed by atoms with Crippen molar-refractivity contribution in [1.82, 2.24) is 4.90 Å². The Kier molecular flexibility index (Phi) is 3.92. The third-order valence-corrected chi connectivity index (χ3v) is 5.87. The van der Waals surface area contributed by atoms with Crippen LogP contribution in [0, 0.1) is 11.3 Å². The van der Waals surface area contributed by atoms with E-state index in [-0.39, 0.29) is 5.60 Å². The van der Waals surface area contributed by atoms with Gasteiger partial charge in [0.05, 0.1) is 5.60 Å². The van der Waals surface area contributed by atoms with Gasteiger partial charge in [-0.2, -0.15) is 0 Å². The molecule has 1 heterocycles. The summed E-state index contributed by atoms with van der Waals surface area (Å²) >= 11 is 0. The third-order valence-electron chi connectivity index (χ3n) is 5.87. The fourth-order valence-electron chi connectivity index (χ4n) is 5.00. The van der Waals surface area contributed by atoms with Crippen LogP contribution in [-0.4, -0.2) is 35.2 Å². The Morgan fingerprint density at radius 1 is 1.00 bits per heavy atom. The average molecular weight is 265 g/mol. The van der Waals surface area contributed by atoms with Crippen molar-refractivity contribution in [1.29, 1.82) is 0 Å². The largest absolute Gasteiger partial charge is 0.389 e. The zero-order valence-corrected chi connectivity index (χ0v) is 12.7. The zero-order valence-electron chi connectivity index (χ0n) is 12.7. The van der Waals surface area contributed by atoms with Crippen LogP contribution in [-0.2, 0) is 0 Å². The number of likely N-dealkylation sites (tertiary alicyclic amines) is 1. The van der Waals surface area contributed by atoms with Crippen molar-refractivity contribution in [3.8, 4) is 0 Å². The highest BCUT2D eigenvalue weighted by Crippen LogP contribution is 2.44. The quantitative estimate of drug-likeness (QED) is 0.825. The molecule has 0 amide bonds. The van der Waals surface area contributed by atoms with Gasteiger partial charge in [-0.3, -0.25) is 4.90 Å². The van der Waals surface area contributed by atoms with E-state index < -0.39 is 0 Å². The Balaban J connectivity index is 1.50. The van der Waals surface area contributed by atoms with Gasteiger partial charge < -0.3 is 5.11 Å². The van der Waals surface area contributed by atoms with E-state index in [0.29, 0.717) is 11.3 Å². The van der Waals surface area contributed by atoms with Crippen molar-refractivity contribution in [2.45, 2.75) is 76.7 Å². The lowest BCUT2D eigenvalue weighted by Gasteiger charge is -2.53. The van der Waals surface area contributed by atoms with Crippen LogP contribution >= 0.6 is 0 Å². The van der Waals surface area contributed by atoms with E-state index in [0.717, 1.165) is 19.4 Å². The first-order chi connectivity index (χ1) is 9.09. The molecule has 0 aromatic rings. The molecule has 2 heteroatoms. The molecule has 3 aliphatic rings. The maximum atomic E-state index is 10.8. The molecule has 2 unspecified atom stereocenters. The van der Waals surface area contributed by atoms with E-state index in [4.69, 9.17) is 0 Å². The summed E-state index contributed by atoms with van der Waals surface area (Å²) in [6.07, 6.45) is 13.2. The predicted octanol–water partition coefficient (Wildman–Crippen LogP) is 3.58. The lowest BCUT2D eigenvalue weighted by atomic mass is 9.71. The smallest absolute Gasteiger partial charge is 0.0776 e. The number of aliphatic hydroxyl groups is 1. The molecule has 19 heavy (non-hydrogen) atoms. The van der Waals surface area contributed by atoms with Crippen LogP contribution in [0.2, 0.25) is 0 Å². The Labute approximate surface area is 118 Å². The molecule has 3 fully saturated rings. The molecule has 0 aromatic heterocycles. The van der Waals surface area contributed by atoms with E-state index in [1.54, 1.807) is 0 Å². The van der Waals surface area contributed by atoms with Crippen LogP contribution in [0.25, 0.3) is 0 Å². The van der Waals surface area contributed by atoms with Gasteiger partial charge in [0.1, 0.15) is 0 Å². The molecule has 2 saturated carbocycles. The number of nitrogens with zero attached hydrogens (tertiary/aromatic N) is 1. The Hall–Kier alpha value is -0.0800. The molecule has 1 spiro atoms. The molecule has 3 rings (SSSR count). The van der Waals surface area contributed by atoms with Crippen molar-refractivity contribution in [2.24, 2.45) is 11.3 Å². The summed E-state index contributed by atoms with van der Waals surface area (Å²) < 4.78 is 0. The number of β-amino-alcohol motifs (C(OH)–C–C–N with tert-alkyl or cyclic N) is 1. The van der Waals surface area contributed by atoms with Gasteiger partial charge in [-0.1, -0.05) is 45.4 Å². The lowest BCUT2D eigenvalue weighted by molar-refractivity contribution is -0.0935. The summed E-state index contributed by atoms with van der Waals surface area (Å²) in [5, 5.41) is 10.8. The van der Waals surface area contributed by atoms with E-state index in [1.165, 1.54) is 64.5 Å². The second kappa shape index (κ2) is 5.37. The van der Waals surface area contributed by atoms with Crippen LogP contribution in [0.3, 0.4) is 0 Å². The minimum Gasteiger partial charge on any atom is -0.389 e. The topological polar surface area (TPSA) is 23.5 Å². The molecule has 1 aliphatic heterocycles. The molecule has 2 aliphatic carbocycles. The van der Waals surface area contributed by atoms with Gasteiger partial charge in [-0.25, -0.2) is 0 Å². The fraction of sp³-hybridized carbons (Fsp3) is 1.00. The summed E-state index contributed by atoms with van der Waals surface area (Å²) in [5.74, 6) is 0.715. The van der Waals surface area contributed by atoms with Gasteiger partial charge in [-0.05, 0) is 37.0 Å². The van der Waals surface area contributed by atoms with Crippen molar-refractivity contribution < 1.29 is 5.11 Å². The van der Waals surface area contributed by atoms with Crippen molar-refractivity contribution in [3.63, 3.8) is 0 Å². The molecule has 2 atom stereocenters. The normalized spacial score (nSPS) is 39.8. The highest BCUT2D eigenvalue weighted by molar-refractivity contribution is 4.99. The summed E-state index contributed by atoms with van der Waals surface area (Å²) in [6.45, 7) is 5.78. The molecule has 0 radical (unpaired) electrons. The van der Waals surface area contributed by atoms with Crippen LogP contribution < -0.4 is 0 Å². The van der Waals surface area contributed by atoms with Crippen LogP contribution in [0.4, 0.5) is 0 Å². The molecule has 1 N–H and O–H groups in total. The third kappa shape index (κ3) is 3.16. The maximum absolute atomic E-state index is 10.8. The zero-order chi connectivity index (χ0) is 13.3. The monoisotopic (exact) mass is 265 g/mol. The molecule has 0 aromatic carbocycles. The summed E-state index contributed by atoms with van der Waals surface area (Å²) in [4.78, 5) is 2.54. The van der Waals surface area contributed by atoms with Gasteiger partial charge >= 0.3 is 0 Å². The molecule has 1 saturated heterocycles. The van der Waals surface area contributed by atoms with Gasteiger partial charge in [0, 0.05) is 19.6 Å². The standard InChI is InChI=1S/C17H31NO/c1-15-7-6-10-17(19,11-15)14-18-12-16(13-18)8-4-2-3-5-9-16/h15,19H,2-14H2,1H3. The first-order valence-electron chi connectivity index (χ1n) is 8.54. The molecule has 110 valence electrons. The minimum absolute atomic E-state index is 0.371. The summed E-state index contributed by atoms with van der Waals surface area (Å²) in [6, 6.07) is 0. The van der Waals surface area contributed by atoms with Gasteiger partial charge in [0.25, 0.3) is 0 Å². The fourth-order valence-corrected chi connectivity index (χ4v) is 5.00. The first kappa shape index (κ1) is 13.9. The highest BCUT2D eigenvalue weighted by Gasteiger charge is 2.45. The maximum Gasteiger partial charge on any atom is 0.0776 e. The number of rotatable bonds is 2. The molecule has 2 nitrogen and oxygen atoms in total. The molecular formula is C17H31NO. The van der Waals surface area contributed by atoms with E-state index in [1.807, 2.05) is 0 Å². The molecule has 0 bridgehead atoms. The van der Waals surface area contributed by atoms with Crippen molar-refractivity contribution >= 4 is 0 Å². The van der Waals surface area contributed by atoms with Gasteiger partial charge in [-0.15, -0.1) is 0 Å². The Bertz CT molecular complexity index is 300. The van der Waals surface area contributed by atoms with Gasteiger partial charge in [0.15, 0.2) is 0 Å². The number of hydrogen-bond donors (Lipinski definition) is 1. The van der Waals surface area contributed by atoms with Gasteiger partial charge in [0.2, 0.25) is 0 Å². The lowest BCUT2D eigenvalue weighted by Crippen LogP contribution is -2.60. The van der Waals surface area contributed by atoms with Crippen molar-refractivity contribution in [2.75, 3.05) is 19.6 Å². The van der Waals surface area contributed by atoms with Crippen LogP contribution in [0.15, 0.2) is 0 Å². The summed E-state index contributed by atoms with van der Waals surface area (Å²) in [7, 11) is 0. The highest BCUT2D eigenvalue weighted by atomic mass is 16.3. The van der Waals surface area contributed by atoms with E-state index in [2.05, 4.69) is 11.8 Å².